The molecule has 206 valence electrons. The van der Waals surface area contributed by atoms with Crippen LogP contribution in [0.5, 0.6) is 0 Å². The van der Waals surface area contributed by atoms with Crippen LogP contribution in [-0.4, -0.2) is 77.4 Å². The van der Waals surface area contributed by atoms with Crippen LogP contribution in [0, 0.1) is 0 Å². The second-order valence-corrected chi connectivity index (χ2v) is 9.13. The van der Waals surface area contributed by atoms with E-state index in [0.29, 0.717) is 6.54 Å². The van der Waals surface area contributed by atoms with Crippen molar-refractivity contribution in [3.05, 3.63) is 76.7 Å². The van der Waals surface area contributed by atoms with Crippen molar-refractivity contribution >= 4 is 24.0 Å². The first-order chi connectivity index (χ1) is 18.7. The predicted octanol–water partition coefficient (Wildman–Crippen LogP) is 4.04. The first kappa shape index (κ1) is 28.1. The second kappa shape index (κ2) is 12.7. The molecule has 2 aliphatic rings. The first-order valence-corrected chi connectivity index (χ1v) is 12.5. The summed E-state index contributed by atoms with van der Waals surface area (Å²) in [4.78, 5) is 31.3. The monoisotopic (exact) mass is 542 g/mol. The predicted molar refractivity (Wildman–Crippen MR) is 140 cm³/mol. The van der Waals surface area contributed by atoms with Crippen LogP contribution in [0.2, 0.25) is 0 Å². The number of carboxylic acids is 1. The fourth-order valence-corrected chi connectivity index (χ4v) is 4.24. The van der Waals surface area contributed by atoms with E-state index in [9.17, 15) is 18.0 Å². The Morgan fingerprint density at radius 3 is 2.49 bits per heavy atom. The molecule has 0 bridgehead atoms. The SMILES string of the molecule is O=C(O)C(F)(F)F.O=C1NCCc2[nH]c(-c3ccnc(C=Cc4ccc(CCN5CCOCC5)cc4)c3)cc21. The van der Waals surface area contributed by atoms with E-state index < -0.39 is 12.1 Å². The summed E-state index contributed by atoms with van der Waals surface area (Å²) in [5.74, 6) is -2.76. The quantitative estimate of drug-likeness (QED) is 0.434. The van der Waals surface area contributed by atoms with Crippen molar-refractivity contribution in [1.82, 2.24) is 20.2 Å². The number of nitrogens with one attached hydrogen (secondary N) is 2. The third kappa shape index (κ3) is 8.01. The number of halogens is 3. The lowest BCUT2D eigenvalue weighted by Crippen LogP contribution is -2.37. The molecule has 0 saturated carbocycles. The fraction of sp³-hybridized carbons (Fsp3) is 0.321. The number of H-pyrrole nitrogens is 1. The van der Waals surface area contributed by atoms with E-state index in [2.05, 4.69) is 50.5 Å². The average molecular weight is 543 g/mol. The van der Waals surface area contributed by atoms with Crippen LogP contribution in [0.3, 0.4) is 0 Å². The summed E-state index contributed by atoms with van der Waals surface area (Å²) in [6, 6.07) is 14.7. The number of fused-ring (bicyclic) bond motifs is 1. The average Bonchev–Trinajstić information content (AvgIpc) is 3.38. The third-order valence-electron chi connectivity index (χ3n) is 6.39. The molecule has 0 spiro atoms. The Labute approximate surface area is 223 Å². The smallest absolute Gasteiger partial charge is 0.475 e. The summed E-state index contributed by atoms with van der Waals surface area (Å²) < 4.78 is 37.2. The van der Waals surface area contributed by atoms with Crippen LogP contribution in [0.25, 0.3) is 23.4 Å². The minimum atomic E-state index is -5.08. The fourth-order valence-electron chi connectivity index (χ4n) is 4.24. The molecule has 2 aliphatic heterocycles. The maximum Gasteiger partial charge on any atom is 0.490 e. The number of amides is 1. The summed E-state index contributed by atoms with van der Waals surface area (Å²) in [7, 11) is 0. The summed E-state index contributed by atoms with van der Waals surface area (Å²) in [5.41, 5.74) is 7.12. The molecule has 2 aromatic heterocycles. The van der Waals surface area contributed by atoms with Crippen molar-refractivity contribution in [3.63, 3.8) is 0 Å². The van der Waals surface area contributed by atoms with Crippen molar-refractivity contribution in [2.75, 3.05) is 39.4 Å². The molecular weight excluding hydrogens is 513 g/mol. The summed E-state index contributed by atoms with van der Waals surface area (Å²) in [5, 5.41) is 10.0. The van der Waals surface area contributed by atoms with Gasteiger partial charge in [-0.1, -0.05) is 30.3 Å². The van der Waals surface area contributed by atoms with Crippen LogP contribution in [0.15, 0.2) is 48.7 Å². The molecule has 4 heterocycles. The molecule has 1 aromatic carbocycles. The molecule has 5 rings (SSSR count). The second-order valence-electron chi connectivity index (χ2n) is 9.13. The normalized spacial score (nSPS) is 15.8. The lowest BCUT2D eigenvalue weighted by Gasteiger charge is -2.26. The van der Waals surface area contributed by atoms with Gasteiger partial charge in [-0.25, -0.2) is 4.79 Å². The molecule has 8 nitrogen and oxygen atoms in total. The van der Waals surface area contributed by atoms with Gasteiger partial charge < -0.3 is 20.1 Å². The van der Waals surface area contributed by atoms with Gasteiger partial charge in [-0.05, 0) is 41.8 Å². The molecule has 1 amide bonds. The van der Waals surface area contributed by atoms with Gasteiger partial charge in [0.25, 0.3) is 5.91 Å². The van der Waals surface area contributed by atoms with Crippen molar-refractivity contribution in [1.29, 1.82) is 0 Å². The van der Waals surface area contributed by atoms with E-state index >= 15 is 0 Å². The minimum absolute atomic E-state index is 0.00341. The number of carboxylic acid groups (broad SMARTS) is 1. The number of nitrogens with zero attached hydrogens (tertiary/aromatic N) is 2. The largest absolute Gasteiger partial charge is 0.490 e. The molecule has 0 atom stereocenters. The maximum atomic E-state index is 12.0. The van der Waals surface area contributed by atoms with Gasteiger partial charge in [0.15, 0.2) is 0 Å². The molecule has 3 aromatic rings. The number of aliphatic carboxylic acids is 1. The number of aromatic amines is 1. The number of hydrogen-bond acceptors (Lipinski definition) is 5. The number of carbonyl (C=O) groups is 2. The molecule has 11 heteroatoms. The van der Waals surface area contributed by atoms with Crippen LogP contribution in [0.1, 0.15) is 32.9 Å². The Morgan fingerprint density at radius 1 is 1.10 bits per heavy atom. The van der Waals surface area contributed by atoms with Crippen LogP contribution >= 0.6 is 0 Å². The maximum absolute atomic E-state index is 12.0. The summed E-state index contributed by atoms with van der Waals surface area (Å²) >= 11 is 0. The van der Waals surface area contributed by atoms with E-state index in [1.54, 1.807) is 0 Å². The van der Waals surface area contributed by atoms with Gasteiger partial charge >= 0.3 is 12.1 Å². The van der Waals surface area contributed by atoms with E-state index in [1.165, 1.54) is 5.56 Å². The Morgan fingerprint density at radius 2 is 1.82 bits per heavy atom. The van der Waals surface area contributed by atoms with Gasteiger partial charge in [0, 0.05) is 55.7 Å². The summed E-state index contributed by atoms with van der Waals surface area (Å²) in [6.07, 6.45) is 2.74. The van der Waals surface area contributed by atoms with Crippen molar-refractivity contribution in [3.8, 4) is 11.3 Å². The van der Waals surface area contributed by atoms with E-state index in [4.69, 9.17) is 14.6 Å². The van der Waals surface area contributed by atoms with Crippen molar-refractivity contribution in [2.24, 2.45) is 0 Å². The standard InChI is InChI=1S/C26H28N4O2.C2HF3O2/c31-26-23-18-25(29-24(23)8-11-28-26)21-7-10-27-22(17-21)6-5-19-1-3-20(4-2-19)9-12-30-13-15-32-16-14-30;3-2(4,5)1(6)7/h1-7,10,17-18,29H,8-9,11-16H2,(H,28,31);(H,6,7). The highest BCUT2D eigenvalue weighted by Gasteiger charge is 2.38. The van der Waals surface area contributed by atoms with Crippen LogP contribution in [-0.2, 0) is 22.4 Å². The van der Waals surface area contributed by atoms with Gasteiger partial charge in [0.2, 0.25) is 0 Å². The van der Waals surface area contributed by atoms with Gasteiger partial charge in [-0.3, -0.25) is 14.7 Å². The number of benzene rings is 1. The number of aromatic nitrogens is 2. The molecule has 0 unspecified atom stereocenters. The number of pyridine rings is 1. The van der Waals surface area contributed by atoms with Crippen LogP contribution < -0.4 is 5.32 Å². The molecule has 3 N–H and O–H groups in total. The number of carbonyl (C=O) groups excluding carboxylic acids is 1. The minimum Gasteiger partial charge on any atom is -0.475 e. The lowest BCUT2D eigenvalue weighted by atomic mass is 10.1. The molecular formula is C28H29F3N4O4. The summed E-state index contributed by atoms with van der Waals surface area (Å²) in [6.45, 7) is 5.53. The van der Waals surface area contributed by atoms with E-state index in [1.807, 2.05) is 30.5 Å². The molecule has 0 aliphatic carbocycles. The topological polar surface area (TPSA) is 108 Å². The Hall–Kier alpha value is -3.96. The van der Waals surface area contributed by atoms with Gasteiger partial charge in [-0.2, -0.15) is 13.2 Å². The Kier molecular flexibility index (Phi) is 9.15. The number of hydrogen-bond donors (Lipinski definition) is 3. The molecule has 1 fully saturated rings. The zero-order chi connectivity index (χ0) is 27.8. The number of alkyl halides is 3. The van der Waals surface area contributed by atoms with Crippen LogP contribution in [0.4, 0.5) is 13.2 Å². The van der Waals surface area contributed by atoms with Crippen molar-refractivity contribution < 1.29 is 32.6 Å². The van der Waals surface area contributed by atoms with Gasteiger partial charge in [0.05, 0.1) is 24.5 Å². The van der Waals surface area contributed by atoms with Gasteiger partial charge in [-0.15, -0.1) is 0 Å². The van der Waals surface area contributed by atoms with E-state index in [-0.39, 0.29) is 5.91 Å². The first-order valence-electron chi connectivity index (χ1n) is 12.5. The molecule has 1 saturated heterocycles. The number of rotatable bonds is 6. The highest BCUT2D eigenvalue weighted by Crippen LogP contribution is 2.24. The molecule has 39 heavy (non-hydrogen) atoms. The number of ether oxygens (including phenoxy) is 1. The Bertz CT molecular complexity index is 1310. The van der Waals surface area contributed by atoms with Gasteiger partial charge in [0.1, 0.15) is 0 Å². The number of morpholine rings is 1. The molecule has 0 radical (unpaired) electrons. The third-order valence-corrected chi connectivity index (χ3v) is 6.39. The Balaban J connectivity index is 0.000000448. The zero-order valence-electron chi connectivity index (χ0n) is 21.1. The zero-order valence-corrected chi connectivity index (χ0v) is 21.1. The lowest BCUT2D eigenvalue weighted by molar-refractivity contribution is -0.192. The van der Waals surface area contributed by atoms with E-state index in [0.717, 1.165) is 79.5 Å². The highest BCUT2D eigenvalue weighted by molar-refractivity contribution is 5.97. The highest BCUT2D eigenvalue weighted by atomic mass is 19.4. The van der Waals surface area contributed by atoms with Crippen molar-refractivity contribution in [2.45, 2.75) is 19.0 Å².